The van der Waals surface area contributed by atoms with Crippen molar-refractivity contribution in [3.05, 3.63) is 0 Å². The number of nitrogens with one attached hydrogen (secondary N) is 1. The average Bonchev–Trinajstić information content (AvgIpc) is 2.86. The highest BCUT2D eigenvalue weighted by Gasteiger charge is 2.24. The van der Waals surface area contributed by atoms with Gasteiger partial charge in [-0.15, -0.1) is 0 Å². The van der Waals surface area contributed by atoms with Crippen molar-refractivity contribution in [1.82, 2.24) is 5.32 Å². The van der Waals surface area contributed by atoms with E-state index in [2.05, 4.69) is 12.2 Å². The number of hydrogen-bond donors (Lipinski definition) is 1. The SMILES string of the molecule is CCCNC(COCCCOC)C1CCCC1. The van der Waals surface area contributed by atoms with E-state index in [4.69, 9.17) is 9.47 Å². The minimum atomic E-state index is 0.569. The summed E-state index contributed by atoms with van der Waals surface area (Å²) < 4.78 is 10.8. The first-order valence-corrected chi connectivity index (χ1v) is 7.18. The summed E-state index contributed by atoms with van der Waals surface area (Å²) in [6.07, 6.45) is 7.76. The van der Waals surface area contributed by atoms with Crippen LogP contribution >= 0.6 is 0 Å². The van der Waals surface area contributed by atoms with Gasteiger partial charge >= 0.3 is 0 Å². The molecule has 1 aliphatic carbocycles. The zero-order chi connectivity index (χ0) is 12.3. The molecule has 1 atom stereocenters. The van der Waals surface area contributed by atoms with Crippen molar-refractivity contribution in [2.24, 2.45) is 5.92 Å². The molecule has 0 aromatic carbocycles. The molecule has 0 saturated heterocycles. The molecule has 1 fully saturated rings. The minimum Gasteiger partial charge on any atom is -0.385 e. The van der Waals surface area contributed by atoms with Crippen LogP contribution in [0.2, 0.25) is 0 Å². The quantitative estimate of drug-likeness (QED) is 0.598. The monoisotopic (exact) mass is 243 g/mol. The second kappa shape index (κ2) is 9.86. The van der Waals surface area contributed by atoms with Gasteiger partial charge in [-0.05, 0) is 38.1 Å². The van der Waals surface area contributed by atoms with E-state index in [1.54, 1.807) is 7.11 Å². The summed E-state index contributed by atoms with van der Waals surface area (Å²) in [4.78, 5) is 0. The van der Waals surface area contributed by atoms with Crippen LogP contribution in [0.25, 0.3) is 0 Å². The Kier molecular flexibility index (Phi) is 8.67. The minimum absolute atomic E-state index is 0.569. The number of methoxy groups -OCH3 is 1. The van der Waals surface area contributed by atoms with Crippen LogP contribution in [0.15, 0.2) is 0 Å². The fraction of sp³-hybridized carbons (Fsp3) is 1.00. The lowest BCUT2D eigenvalue weighted by Gasteiger charge is -2.24. The Morgan fingerprint density at radius 1 is 1.24 bits per heavy atom. The topological polar surface area (TPSA) is 30.5 Å². The van der Waals surface area contributed by atoms with Gasteiger partial charge in [-0.2, -0.15) is 0 Å². The van der Waals surface area contributed by atoms with Gasteiger partial charge in [0, 0.05) is 26.4 Å². The largest absolute Gasteiger partial charge is 0.385 e. The van der Waals surface area contributed by atoms with Gasteiger partial charge in [0.05, 0.1) is 6.61 Å². The van der Waals surface area contributed by atoms with E-state index in [1.807, 2.05) is 0 Å². The molecule has 0 amide bonds. The van der Waals surface area contributed by atoms with Gasteiger partial charge in [-0.3, -0.25) is 0 Å². The first-order chi connectivity index (χ1) is 8.38. The lowest BCUT2D eigenvalue weighted by atomic mass is 9.99. The second-order valence-corrected chi connectivity index (χ2v) is 5.03. The zero-order valence-corrected chi connectivity index (χ0v) is 11.5. The Morgan fingerprint density at radius 3 is 2.65 bits per heavy atom. The lowest BCUT2D eigenvalue weighted by molar-refractivity contribution is 0.0750. The molecular formula is C14H29NO2. The molecular weight excluding hydrogens is 214 g/mol. The van der Waals surface area contributed by atoms with Gasteiger partial charge in [0.25, 0.3) is 0 Å². The van der Waals surface area contributed by atoms with E-state index in [9.17, 15) is 0 Å². The molecule has 1 saturated carbocycles. The molecule has 1 rings (SSSR count). The standard InChI is InChI=1S/C14H29NO2/c1-3-9-15-14(13-7-4-5-8-13)12-17-11-6-10-16-2/h13-15H,3-12H2,1-2H3. The fourth-order valence-corrected chi connectivity index (χ4v) is 2.57. The molecule has 1 unspecified atom stereocenters. The molecule has 17 heavy (non-hydrogen) atoms. The van der Waals surface area contributed by atoms with Crippen LogP contribution in [-0.2, 0) is 9.47 Å². The molecule has 3 heteroatoms. The maximum atomic E-state index is 5.76. The smallest absolute Gasteiger partial charge is 0.0622 e. The fourth-order valence-electron chi connectivity index (χ4n) is 2.57. The number of rotatable bonds is 10. The Labute approximate surface area is 106 Å². The molecule has 0 radical (unpaired) electrons. The second-order valence-electron chi connectivity index (χ2n) is 5.03. The van der Waals surface area contributed by atoms with Gasteiger partial charge in [0.2, 0.25) is 0 Å². The normalized spacial score (nSPS) is 18.7. The molecule has 3 nitrogen and oxygen atoms in total. The maximum absolute atomic E-state index is 5.76. The van der Waals surface area contributed by atoms with Crippen LogP contribution in [0.5, 0.6) is 0 Å². The van der Waals surface area contributed by atoms with Crippen molar-refractivity contribution in [3.8, 4) is 0 Å². The first-order valence-electron chi connectivity index (χ1n) is 7.18. The van der Waals surface area contributed by atoms with Gasteiger partial charge in [-0.1, -0.05) is 19.8 Å². The van der Waals surface area contributed by atoms with Crippen molar-refractivity contribution in [2.45, 2.75) is 51.5 Å². The molecule has 0 aliphatic heterocycles. The van der Waals surface area contributed by atoms with Gasteiger partial charge in [0.15, 0.2) is 0 Å². The van der Waals surface area contributed by atoms with Gasteiger partial charge < -0.3 is 14.8 Å². The summed E-state index contributed by atoms with van der Waals surface area (Å²) in [7, 11) is 1.74. The molecule has 0 spiro atoms. The third-order valence-corrected chi connectivity index (χ3v) is 3.56. The molecule has 0 heterocycles. The van der Waals surface area contributed by atoms with E-state index in [1.165, 1.54) is 32.1 Å². The van der Waals surface area contributed by atoms with Crippen molar-refractivity contribution in [3.63, 3.8) is 0 Å². The van der Waals surface area contributed by atoms with Crippen LogP contribution in [0.1, 0.15) is 45.4 Å². The highest BCUT2D eigenvalue weighted by molar-refractivity contribution is 4.80. The molecule has 1 N–H and O–H groups in total. The number of hydrogen-bond acceptors (Lipinski definition) is 3. The highest BCUT2D eigenvalue weighted by atomic mass is 16.5. The molecule has 1 aliphatic rings. The van der Waals surface area contributed by atoms with Gasteiger partial charge in [0.1, 0.15) is 0 Å². The third-order valence-electron chi connectivity index (χ3n) is 3.56. The van der Waals surface area contributed by atoms with E-state index in [0.29, 0.717) is 6.04 Å². The Hall–Kier alpha value is -0.120. The van der Waals surface area contributed by atoms with Crippen LogP contribution in [0.3, 0.4) is 0 Å². The van der Waals surface area contributed by atoms with Crippen LogP contribution in [0, 0.1) is 5.92 Å². The molecule has 0 bridgehead atoms. The van der Waals surface area contributed by atoms with Gasteiger partial charge in [-0.25, -0.2) is 0 Å². The highest BCUT2D eigenvalue weighted by Crippen LogP contribution is 2.27. The number of ether oxygens (including phenoxy) is 2. The Balaban J connectivity index is 2.15. The summed E-state index contributed by atoms with van der Waals surface area (Å²) in [6.45, 7) is 5.83. The average molecular weight is 243 g/mol. The maximum Gasteiger partial charge on any atom is 0.0622 e. The van der Waals surface area contributed by atoms with E-state index in [0.717, 1.165) is 38.7 Å². The Morgan fingerprint density at radius 2 is 2.00 bits per heavy atom. The van der Waals surface area contributed by atoms with Crippen molar-refractivity contribution < 1.29 is 9.47 Å². The molecule has 0 aromatic rings. The summed E-state index contributed by atoms with van der Waals surface area (Å²) in [5, 5.41) is 3.65. The molecule has 0 aromatic heterocycles. The van der Waals surface area contributed by atoms with Crippen LogP contribution in [-0.4, -0.2) is 39.5 Å². The van der Waals surface area contributed by atoms with E-state index in [-0.39, 0.29) is 0 Å². The van der Waals surface area contributed by atoms with Crippen molar-refractivity contribution in [1.29, 1.82) is 0 Å². The lowest BCUT2D eigenvalue weighted by Crippen LogP contribution is -2.39. The van der Waals surface area contributed by atoms with Crippen LogP contribution < -0.4 is 5.32 Å². The third kappa shape index (κ3) is 6.39. The zero-order valence-electron chi connectivity index (χ0n) is 11.5. The predicted octanol–water partition coefficient (Wildman–Crippen LogP) is 2.60. The van der Waals surface area contributed by atoms with Crippen LogP contribution in [0.4, 0.5) is 0 Å². The van der Waals surface area contributed by atoms with Crippen molar-refractivity contribution >= 4 is 0 Å². The molecule has 102 valence electrons. The summed E-state index contributed by atoms with van der Waals surface area (Å²) in [6, 6.07) is 0.569. The van der Waals surface area contributed by atoms with E-state index < -0.39 is 0 Å². The van der Waals surface area contributed by atoms with E-state index >= 15 is 0 Å². The Bertz CT molecular complexity index is 170. The first kappa shape index (κ1) is 14.9. The predicted molar refractivity (Wildman–Crippen MR) is 71.4 cm³/mol. The summed E-state index contributed by atoms with van der Waals surface area (Å²) in [5.74, 6) is 0.837. The summed E-state index contributed by atoms with van der Waals surface area (Å²) in [5.41, 5.74) is 0. The van der Waals surface area contributed by atoms with Crippen molar-refractivity contribution in [2.75, 3.05) is 33.5 Å². The summed E-state index contributed by atoms with van der Waals surface area (Å²) >= 11 is 0.